The number of benzene rings is 1. The van der Waals surface area contributed by atoms with E-state index in [0.29, 0.717) is 0 Å². The molecular formula is C9H11F2NO. The van der Waals surface area contributed by atoms with Crippen molar-refractivity contribution in [2.24, 2.45) is 5.90 Å². The van der Waals surface area contributed by atoms with E-state index in [1.54, 1.807) is 6.92 Å². The third-order valence-electron chi connectivity index (χ3n) is 1.84. The zero-order valence-corrected chi connectivity index (χ0v) is 7.26. The van der Waals surface area contributed by atoms with Gasteiger partial charge in [0.25, 0.3) is 0 Å². The molecule has 1 aromatic carbocycles. The highest BCUT2D eigenvalue weighted by atomic mass is 19.1. The van der Waals surface area contributed by atoms with E-state index in [4.69, 9.17) is 5.90 Å². The minimum Gasteiger partial charge on any atom is -0.304 e. The van der Waals surface area contributed by atoms with Crippen LogP contribution >= 0.6 is 0 Å². The number of hydrogen-bond acceptors (Lipinski definition) is 2. The molecule has 13 heavy (non-hydrogen) atoms. The van der Waals surface area contributed by atoms with Crippen molar-refractivity contribution in [1.29, 1.82) is 0 Å². The highest BCUT2D eigenvalue weighted by Gasteiger charge is 2.11. The van der Waals surface area contributed by atoms with Crippen molar-refractivity contribution in [2.75, 3.05) is 6.61 Å². The Hall–Kier alpha value is -1.00. The molecule has 0 saturated heterocycles. The van der Waals surface area contributed by atoms with Crippen molar-refractivity contribution in [1.82, 2.24) is 0 Å². The predicted molar refractivity (Wildman–Crippen MR) is 44.9 cm³/mol. The summed E-state index contributed by atoms with van der Waals surface area (Å²) in [5.41, 5.74) is 0.283. The molecule has 0 saturated carbocycles. The Morgan fingerprint density at radius 3 is 2.77 bits per heavy atom. The van der Waals surface area contributed by atoms with E-state index in [1.165, 1.54) is 0 Å². The largest absolute Gasteiger partial charge is 0.304 e. The third kappa shape index (κ3) is 2.47. The summed E-state index contributed by atoms with van der Waals surface area (Å²) >= 11 is 0. The van der Waals surface area contributed by atoms with Gasteiger partial charge in [-0.05, 0) is 23.8 Å². The molecular weight excluding hydrogens is 176 g/mol. The van der Waals surface area contributed by atoms with Crippen LogP contribution in [-0.2, 0) is 4.84 Å². The maximum absolute atomic E-state index is 13.1. The van der Waals surface area contributed by atoms with Crippen molar-refractivity contribution in [3.8, 4) is 0 Å². The van der Waals surface area contributed by atoms with Gasteiger partial charge in [-0.25, -0.2) is 14.7 Å². The van der Waals surface area contributed by atoms with Crippen LogP contribution in [0.4, 0.5) is 8.78 Å². The van der Waals surface area contributed by atoms with Crippen molar-refractivity contribution in [3.63, 3.8) is 0 Å². The standard InChI is InChI=1S/C9H11F2NO/c1-6(5-13-12)8-4-7(10)2-3-9(8)11/h2-4,6H,5,12H2,1H3. The fourth-order valence-corrected chi connectivity index (χ4v) is 1.13. The smallest absolute Gasteiger partial charge is 0.126 e. The van der Waals surface area contributed by atoms with Crippen LogP contribution in [0.3, 0.4) is 0 Å². The molecule has 0 radical (unpaired) electrons. The number of hydrogen-bond donors (Lipinski definition) is 1. The zero-order chi connectivity index (χ0) is 9.84. The molecule has 0 aliphatic heterocycles. The lowest BCUT2D eigenvalue weighted by Crippen LogP contribution is -2.10. The van der Waals surface area contributed by atoms with Crippen LogP contribution in [0.25, 0.3) is 0 Å². The van der Waals surface area contributed by atoms with E-state index in [-0.39, 0.29) is 18.1 Å². The molecule has 0 bridgehead atoms. The van der Waals surface area contributed by atoms with Crippen LogP contribution in [0.5, 0.6) is 0 Å². The summed E-state index contributed by atoms with van der Waals surface area (Å²) in [6.45, 7) is 1.88. The van der Waals surface area contributed by atoms with Crippen LogP contribution in [0.2, 0.25) is 0 Å². The van der Waals surface area contributed by atoms with Gasteiger partial charge < -0.3 is 4.84 Å². The zero-order valence-electron chi connectivity index (χ0n) is 7.26. The summed E-state index contributed by atoms with van der Waals surface area (Å²) in [5.74, 6) is 3.69. The Morgan fingerprint density at radius 1 is 1.46 bits per heavy atom. The molecule has 0 aliphatic rings. The van der Waals surface area contributed by atoms with Gasteiger partial charge in [-0.2, -0.15) is 0 Å². The Kier molecular flexibility index (Phi) is 3.33. The molecule has 0 fully saturated rings. The molecule has 0 amide bonds. The van der Waals surface area contributed by atoms with Crippen molar-refractivity contribution >= 4 is 0 Å². The summed E-state index contributed by atoms with van der Waals surface area (Å²) in [6, 6.07) is 3.32. The van der Waals surface area contributed by atoms with E-state index < -0.39 is 11.6 Å². The van der Waals surface area contributed by atoms with Gasteiger partial charge in [0.1, 0.15) is 11.6 Å². The van der Waals surface area contributed by atoms with Gasteiger partial charge in [0.2, 0.25) is 0 Å². The fraction of sp³-hybridized carbons (Fsp3) is 0.333. The number of halogens is 2. The van der Waals surface area contributed by atoms with Crippen LogP contribution < -0.4 is 5.90 Å². The molecule has 2 nitrogen and oxygen atoms in total. The lowest BCUT2D eigenvalue weighted by Gasteiger charge is -2.10. The van der Waals surface area contributed by atoms with Crippen LogP contribution in [0.1, 0.15) is 18.4 Å². The minimum absolute atomic E-state index is 0.167. The van der Waals surface area contributed by atoms with Gasteiger partial charge in [-0.1, -0.05) is 6.92 Å². The Morgan fingerprint density at radius 2 is 2.15 bits per heavy atom. The average Bonchev–Trinajstić information content (AvgIpc) is 2.09. The van der Waals surface area contributed by atoms with Gasteiger partial charge >= 0.3 is 0 Å². The van der Waals surface area contributed by atoms with Crippen LogP contribution in [0.15, 0.2) is 18.2 Å². The molecule has 1 atom stereocenters. The highest BCUT2D eigenvalue weighted by Crippen LogP contribution is 2.19. The maximum Gasteiger partial charge on any atom is 0.126 e. The molecule has 0 spiro atoms. The van der Waals surface area contributed by atoms with E-state index in [1.807, 2.05) is 0 Å². The molecule has 0 aliphatic carbocycles. The van der Waals surface area contributed by atoms with Crippen molar-refractivity contribution < 1.29 is 13.6 Å². The fourth-order valence-electron chi connectivity index (χ4n) is 1.13. The summed E-state index contributed by atoms with van der Waals surface area (Å²) in [5, 5.41) is 0. The molecule has 1 rings (SSSR count). The monoisotopic (exact) mass is 187 g/mol. The van der Waals surface area contributed by atoms with Gasteiger partial charge in [0.15, 0.2) is 0 Å². The Bertz CT molecular complexity index is 291. The first-order chi connectivity index (χ1) is 6.15. The normalized spacial score (nSPS) is 12.9. The van der Waals surface area contributed by atoms with Crippen LogP contribution in [0, 0.1) is 11.6 Å². The molecule has 1 unspecified atom stereocenters. The second-order valence-electron chi connectivity index (χ2n) is 2.90. The first-order valence-electron chi connectivity index (χ1n) is 3.91. The first-order valence-corrected chi connectivity index (χ1v) is 3.91. The Labute approximate surface area is 75.3 Å². The van der Waals surface area contributed by atoms with Gasteiger partial charge in [0, 0.05) is 5.92 Å². The third-order valence-corrected chi connectivity index (χ3v) is 1.84. The molecule has 1 aromatic rings. The maximum atomic E-state index is 13.1. The Balaban J connectivity index is 2.91. The highest BCUT2D eigenvalue weighted by molar-refractivity contribution is 5.22. The summed E-state index contributed by atoms with van der Waals surface area (Å²) in [4.78, 5) is 4.36. The second-order valence-corrected chi connectivity index (χ2v) is 2.90. The second kappa shape index (κ2) is 4.30. The SMILES string of the molecule is CC(CON)c1cc(F)ccc1F. The predicted octanol–water partition coefficient (Wildman–Crippen LogP) is 1.96. The summed E-state index contributed by atoms with van der Waals surface area (Å²) in [6.07, 6.45) is 0. The number of rotatable bonds is 3. The molecule has 72 valence electrons. The molecule has 0 heterocycles. The first kappa shape index (κ1) is 10.1. The molecule has 2 N–H and O–H groups in total. The van der Waals surface area contributed by atoms with E-state index in [2.05, 4.69) is 4.84 Å². The minimum atomic E-state index is -0.458. The van der Waals surface area contributed by atoms with Crippen molar-refractivity contribution in [3.05, 3.63) is 35.4 Å². The van der Waals surface area contributed by atoms with Gasteiger partial charge in [-0.3, -0.25) is 0 Å². The molecule has 0 aromatic heterocycles. The average molecular weight is 187 g/mol. The van der Waals surface area contributed by atoms with Gasteiger partial charge in [-0.15, -0.1) is 0 Å². The van der Waals surface area contributed by atoms with Crippen LogP contribution in [-0.4, -0.2) is 6.61 Å². The van der Waals surface area contributed by atoms with Crippen molar-refractivity contribution in [2.45, 2.75) is 12.8 Å². The van der Waals surface area contributed by atoms with Gasteiger partial charge in [0.05, 0.1) is 6.61 Å². The molecule has 4 heteroatoms. The lowest BCUT2D eigenvalue weighted by molar-refractivity contribution is 0.125. The number of nitrogens with two attached hydrogens (primary N) is 1. The van der Waals surface area contributed by atoms with E-state index in [9.17, 15) is 8.78 Å². The quantitative estimate of drug-likeness (QED) is 0.734. The van der Waals surface area contributed by atoms with E-state index >= 15 is 0 Å². The topological polar surface area (TPSA) is 35.2 Å². The lowest BCUT2D eigenvalue weighted by atomic mass is 10.0. The summed E-state index contributed by atoms with van der Waals surface area (Å²) < 4.78 is 25.8. The van der Waals surface area contributed by atoms with E-state index in [0.717, 1.165) is 18.2 Å². The summed E-state index contributed by atoms with van der Waals surface area (Å²) in [7, 11) is 0.